The van der Waals surface area contributed by atoms with Crippen LogP contribution in [0.2, 0.25) is 0 Å². The van der Waals surface area contributed by atoms with Crippen molar-refractivity contribution >= 4 is 11.9 Å². The molecule has 0 radical (unpaired) electrons. The van der Waals surface area contributed by atoms with Gasteiger partial charge in [0.25, 0.3) is 0 Å². The predicted molar refractivity (Wildman–Crippen MR) is 102 cm³/mol. The SMILES string of the molecule is CCCCCCCOC(=O)c1ccc(C(=O)OC(C)C2CCCC2)cc1. The lowest BCUT2D eigenvalue weighted by Gasteiger charge is -2.19. The normalized spacial score (nSPS) is 15.6. The molecule has 0 heterocycles. The highest BCUT2D eigenvalue weighted by Gasteiger charge is 2.24. The first-order valence-corrected chi connectivity index (χ1v) is 10.1. The quantitative estimate of drug-likeness (QED) is 0.405. The molecule has 0 aliphatic heterocycles. The maximum absolute atomic E-state index is 12.3. The van der Waals surface area contributed by atoms with Gasteiger partial charge in [0.1, 0.15) is 6.10 Å². The van der Waals surface area contributed by atoms with E-state index in [2.05, 4.69) is 6.92 Å². The zero-order valence-electron chi connectivity index (χ0n) is 16.2. The van der Waals surface area contributed by atoms with Gasteiger partial charge in [-0.1, -0.05) is 45.4 Å². The van der Waals surface area contributed by atoms with Crippen molar-refractivity contribution in [3.63, 3.8) is 0 Å². The molecule has 0 amide bonds. The van der Waals surface area contributed by atoms with Gasteiger partial charge in [-0.05, 0) is 56.4 Å². The minimum absolute atomic E-state index is 0.0534. The van der Waals surface area contributed by atoms with Gasteiger partial charge in [0, 0.05) is 0 Å². The Morgan fingerprint density at radius 2 is 1.54 bits per heavy atom. The molecule has 4 heteroatoms. The molecule has 1 unspecified atom stereocenters. The van der Waals surface area contributed by atoms with Crippen LogP contribution in [0.15, 0.2) is 24.3 Å². The van der Waals surface area contributed by atoms with Crippen molar-refractivity contribution in [3.8, 4) is 0 Å². The lowest BCUT2D eigenvalue weighted by atomic mass is 10.0. The largest absolute Gasteiger partial charge is 0.462 e. The Morgan fingerprint density at radius 1 is 0.962 bits per heavy atom. The molecule has 0 aromatic heterocycles. The first kappa shape index (κ1) is 20.5. The molecule has 144 valence electrons. The van der Waals surface area contributed by atoms with Gasteiger partial charge in [0.15, 0.2) is 0 Å². The molecule has 0 spiro atoms. The highest BCUT2D eigenvalue weighted by Crippen LogP contribution is 2.29. The van der Waals surface area contributed by atoms with Gasteiger partial charge >= 0.3 is 11.9 Å². The second kappa shape index (κ2) is 11.0. The molecule has 1 aromatic rings. The molecule has 0 N–H and O–H groups in total. The molecule has 0 saturated heterocycles. The van der Waals surface area contributed by atoms with Crippen LogP contribution in [0.3, 0.4) is 0 Å². The van der Waals surface area contributed by atoms with Crippen molar-refractivity contribution in [2.24, 2.45) is 5.92 Å². The first-order chi connectivity index (χ1) is 12.6. The molecule has 4 nitrogen and oxygen atoms in total. The molecule has 1 saturated carbocycles. The van der Waals surface area contributed by atoms with E-state index in [0.29, 0.717) is 23.7 Å². The third-order valence-corrected chi connectivity index (χ3v) is 5.19. The van der Waals surface area contributed by atoms with Gasteiger partial charge in [-0.3, -0.25) is 0 Å². The fourth-order valence-corrected chi connectivity index (χ4v) is 3.46. The summed E-state index contributed by atoms with van der Waals surface area (Å²) in [6.07, 6.45) is 10.3. The van der Waals surface area contributed by atoms with Crippen LogP contribution in [-0.4, -0.2) is 24.6 Å². The molecule has 26 heavy (non-hydrogen) atoms. The summed E-state index contributed by atoms with van der Waals surface area (Å²) in [7, 11) is 0. The molecule has 1 fully saturated rings. The van der Waals surface area contributed by atoms with E-state index in [-0.39, 0.29) is 18.0 Å². The number of rotatable bonds is 10. The zero-order valence-corrected chi connectivity index (χ0v) is 16.2. The summed E-state index contributed by atoms with van der Waals surface area (Å²) in [6.45, 7) is 4.60. The van der Waals surface area contributed by atoms with Gasteiger partial charge in [-0.15, -0.1) is 0 Å². The van der Waals surface area contributed by atoms with Crippen LogP contribution in [0, 0.1) is 5.92 Å². The Labute approximate surface area is 157 Å². The van der Waals surface area contributed by atoms with Crippen LogP contribution in [0.25, 0.3) is 0 Å². The van der Waals surface area contributed by atoms with E-state index in [9.17, 15) is 9.59 Å². The van der Waals surface area contributed by atoms with E-state index >= 15 is 0 Å². The van der Waals surface area contributed by atoms with E-state index in [0.717, 1.165) is 25.7 Å². The monoisotopic (exact) mass is 360 g/mol. The molecule has 1 atom stereocenters. The van der Waals surface area contributed by atoms with Crippen LogP contribution in [0.1, 0.15) is 92.4 Å². The summed E-state index contributed by atoms with van der Waals surface area (Å²) in [5, 5.41) is 0. The van der Waals surface area contributed by atoms with Gasteiger partial charge in [0.2, 0.25) is 0 Å². The average molecular weight is 360 g/mol. The van der Waals surface area contributed by atoms with Crippen LogP contribution in [-0.2, 0) is 9.47 Å². The summed E-state index contributed by atoms with van der Waals surface area (Å²) in [5.41, 5.74) is 0.949. The number of unbranched alkanes of at least 4 members (excludes halogenated alkanes) is 4. The van der Waals surface area contributed by atoms with Crippen LogP contribution in [0.5, 0.6) is 0 Å². The van der Waals surface area contributed by atoms with Crippen molar-refractivity contribution < 1.29 is 19.1 Å². The molecular formula is C22H32O4. The maximum Gasteiger partial charge on any atom is 0.338 e. The van der Waals surface area contributed by atoms with E-state index < -0.39 is 0 Å². The predicted octanol–water partition coefficient (Wildman–Crippen LogP) is 5.55. The topological polar surface area (TPSA) is 52.6 Å². The first-order valence-electron chi connectivity index (χ1n) is 10.1. The molecule has 0 bridgehead atoms. The fraction of sp³-hybridized carbons (Fsp3) is 0.636. The van der Waals surface area contributed by atoms with E-state index in [4.69, 9.17) is 9.47 Å². The second-order valence-electron chi connectivity index (χ2n) is 7.28. The van der Waals surface area contributed by atoms with E-state index in [1.807, 2.05) is 6.92 Å². The van der Waals surface area contributed by atoms with Gasteiger partial charge in [-0.25, -0.2) is 9.59 Å². The molecule has 2 rings (SSSR count). The Bertz CT molecular complexity index is 558. The third kappa shape index (κ3) is 6.47. The minimum atomic E-state index is -0.334. The highest BCUT2D eigenvalue weighted by atomic mass is 16.5. The standard InChI is InChI=1S/C22H32O4/c1-3-4-5-6-9-16-25-21(23)19-12-14-20(15-13-19)22(24)26-17(2)18-10-7-8-11-18/h12-15,17-18H,3-11,16H2,1-2H3. The van der Waals surface area contributed by atoms with Gasteiger partial charge < -0.3 is 9.47 Å². The molecular weight excluding hydrogens is 328 g/mol. The van der Waals surface area contributed by atoms with Crippen LogP contribution in [0.4, 0.5) is 0 Å². The van der Waals surface area contributed by atoms with E-state index in [1.54, 1.807) is 24.3 Å². The lowest BCUT2D eigenvalue weighted by Crippen LogP contribution is -2.22. The zero-order chi connectivity index (χ0) is 18.8. The molecule has 1 aromatic carbocycles. The maximum atomic E-state index is 12.3. The Balaban J connectivity index is 1.75. The Hall–Kier alpha value is -1.84. The summed E-state index contributed by atoms with van der Waals surface area (Å²) >= 11 is 0. The van der Waals surface area contributed by atoms with E-state index in [1.165, 1.54) is 32.1 Å². The number of hydrogen-bond acceptors (Lipinski definition) is 4. The van der Waals surface area contributed by atoms with Crippen molar-refractivity contribution in [1.29, 1.82) is 0 Å². The van der Waals surface area contributed by atoms with Crippen molar-refractivity contribution in [3.05, 3.63) is 35.4 Å². The summed E-state index contributed by atoms with van der Waals surface area (Å²) in [5.74, 6) is -0.175. The van der Waals surface area contributed by atoms with Crippen molar-refractivity contribution in [1.82, 2.24) is 0 Å². The van der Waals surface area contributed by atoms with Crippen molar-refractivity contribution in [2.45, 2.75) is 77.7 Å². The number of benzene rings is 1. The Morgan fingerprint density at radius 3 is 2.15 bits per heavy atom. The van der Waals surface area contributed by atoms with Crippen LogP contribution >= 0.6 is 0 Å². The number of carbonyl (C=O) groups is 2. The van der Waals surface area contributed by atoms with Crippen molar-refractivity contribution in [2.75, 3.05) is 6.61 Å². The summed E-state index contributed by atoms with van der Waals surface area (Å²) in [6, 6.07) is 6.55. The number of carbonyl (C=O) groups excluding carboxylic acids is 2. The lowest BCUT2D eigenvalue weighted by molar-refractivity contribution is 0.0203. The molecule has 1 aliphatic rings. The van der Waals surface area contributed by atoms with Crippen LogP contribution < -0.4 is 0 Å². The average Bonchev–Trinajstić information content (AvgIpc) is 3.19. The number of hydrogen-bond donors (Lipinski definition) is 0. The summed E-state index contributed by atoms with van der Waals surface area (Å²) < 4.78 is 10.9. The second-order valence-corrected chi connectivity index (χ2v) is 7.28. The summed E-state index contributed by atoms with van der Waals surface area (Å²) in [4.78, 5) is 24.3. The highest BCUT2D eigenvalue weighted by molar-refractivity contribution is 5.93. The van der Waals surface area contributed by atoms with Gasteiger partial charge in [0.05, 0.1) is 17.7 Å². The molecule has 1 aliphatic carbocycles. The number of ether oxygens (including phenoxy) is 2. The Kier molecular flexibility index (Phi) is 8.66. The number of esters is 2. The van der Waals surface area contributed by atoms with Gasteiger partial charge in [-0.2, -0.15) is 0 Å². The third-order valence-electron chi connectivity index (χ3n) is 5.19. The smallest absolute Gasteiger partial charge is 0.338 e. The fourth-order valence-electron chi connectivity index (χ4n) is 3.46. The minimum Gasteiger partial charge on any atom is -0.462 e.